The van der Waals surface area contributed by atoms with Gasteiger partial charge in [-0.2, -0.15) is 24.9 Å². The van der Waals surface area contributed by atoms with Crippen LogP contribution in [0.15, 0.2) is 66.7 Å². The minimum Gasteiger partial charge on any atom is -0.480 e. The number of imide groups is 1. The highest BCUT2D eigenvalue weighted by molar-refractivity contribution is 7.98. The van der Waals surface area contributed by atoms with Crippen molar-refractivity contribution < 1.29 is 42.3 Å². The summed E-state index contributed by atoms with van der Waals surface area (Å²) >= 11 is 1.33. The summed E-state index contributed by atoms with van der Waals surface area (Å²) in [7, 11) is 0. The second-order valence-electron chi connectivity index (χ2n) is 11.1. The number of thioether (sulfide) groups is 1. The number of carbonyl (C=O) groups is 5. The van der Waals surface area contributed by atoms with E-state index in [0.29, 0.717) is 11.3 Å². The van der Waals surface area contributed by atoms with E-state index in [-0.39, 0.29) is 52.3 Å². The lowest BCUT2D eigenvalue weighted by Gasteiger charge is -2.31. The molecule has 44 heavy (non-hydrogen) atoms. The van der Waals surface area contributed by atoms with E-state index in [1.807, 2.05) is 0 Å². The van der Waals surface area contributed by atoms with Gasteiger partial charge in [-0.25, -0.2) is 0 Å². The van der Waals surface area contributed by atoms with Crippen LogP contribution in [0, 0.1) is 11.8 Å². The molecule has 0 aromatic heterocycles. The number of carboxylic acid groups (broad SMARTS) is 1. The second kappa shape index (κ2) is 10.7. The summed E-state index contributed by atoms with van der Waals surface area (Å²) in [4.78, 5) is 67.9. The van der Waals surface area contributed by atoms with Crippen LogP contribution in [0.2, 0.25) is 0 Å². The predicted molar refractivity (Wildman–Crippen MR) is 153 cm³/mol. The Bertz CT molecular complexity index is 1760. The Morgan fingerprint density at radius 3 is 2.20 bits per heavy atom. The number of carbonyl (C=O) groups excluding carboxylic acids is 4. The van der Waals surface area contributed by atoms with Crippen LogP contribution < -0.4 is 5.32 Å². The molecule has 1 aliphatic carbocycles. The van der Waals surface area contributed by atoms with Gasteiger partial charge in [0, 0.05) is 28.3 Å². The first-order chi connectivity index (χ1) is 20.9. The van der Waals surface area contributed by atoms with Gasteiger partial charge in [-0.15, -0.1) is 0 Å². The lowest BCUT2D eigenvalue weighted by atomic mass is 9.78. The summed E-state index contributed by atoms with van der Waals surface area (Å²) in [6.45, 7) is -0.311. The zero-order chi connectivity index (χ0) is 31.6. The van der Waals surface area contributed by atoms with Crippen LogP contribution in [-0.2, 0) is 27.1 Å². The van der Waals surface area contributed by atoms with E-state index in [1.54, 1.807) is 30.5 Å². The molecule has 6 rings (SSSR count). The van der Waals surface area contributed by atoms with Gasteiger partial charge in [-0.3, -0.25) is 34.2 Å². The van der Waals surface area contributed by atoms with Crippen LogP contribution in [0.1, 0.15) is 61.0 Å². The van der Waals surface area contributed by atoms with Crippen LogP contribution in [0.5, 0.6) is 0 Å². The maximum absolute atomic E-state index is 14.0. The molecule has 4 atom stereocenters. The molecular formula is C32H25F3N2O6S. The average molecular weight is 623 g/mol. The van der Waals surface area contributed by atoms with Gasteiger partial charge >= 0.3 is 12.1 Å². The smallest absolute Gasteiger partial charge is 0.416 e. The van der Waals surface area contributed by atoms with E-state index in [2.05, 4.69) is 5.32 Å². The number of nitrogens with zero attached hydrogens (tertiary/aromatic N) is 1. The highest BCUT2D eigenvalue weighted by Crippen LogP contribution is 2.51. The van der Waals surface area contributed by atoms with Crippen molar-refractivity contribution in [3.8, 4) is 0 Å². The molecule has 0 saturated carbocycles. The van der Waals surface area contributed by atoms with E-state index < -0.39 is 52.9 Å². The second-order valence-corrected chi connectivity index (χ2v) is 12.1. The Kier molecular flexibility index (Phi) is 7.24. The van der Waals surface area contributed by atoms with E-state index in [0.717, 1.165) is 17.0 Å². The number of alkyl halides is 3. The number of fused-ring (bicyclic) bond motifs is 3. The highest BCUT2D eigenvalue weighted by atomic mass is 32.2. The number of hydrogen-bond acceptors (Lipinski definition) is 7. The summed E-state index contributed by atoms with van der Waals surface area (Å²) in [6.07, 6.45) is -2.98. The third-order valence-corrected chi connectivity index (χ3v) is 9.34. The maximum Gasteiger partial charge on any atom is 0.416 e. The van der Waals surface area contributed by atoms with Gasteiger partial charge in [0.2, 0.25) is 11.8 Å². The Morgan fingerprint density at radius 1 is 0.909 bits per heavy atom. The largest absolute Gasteiger partial charge is 0.480 e. The zero-order valence-electron chi connectivity index (χ0n) is 23.2. The molecule has 3 aliphatic rings. The van der Waals surface area contributed by atoms with E-state index in [9.17, 15) is 42.3 Å². The molecule has 8 nitrogen and oxygen atoms in total. The molecular weight excluding hydrogens is 597 g/mol. The van der Waals surface area contributed by atoms with Gasteiger partial charge in [0.1, 0.15) is 5.54 Å². The summed E-state index contributed by atoms with van der Waals surface area (Å²) in [5, 5.41) is 13.3. The summed E-state index contributed by atoms with van der Waals surface area (Å²) < 4.78 is 40.7. The van der Waals surface area contributed by atoms with E-state index >= 15 is 0 Å². The number of amides is 2. The zero-order valence-corrected chi connectivity index (χ0v) is 24.0. The highest BCUT2D eigenvalue weighted by Gasteiger charge is 2.68. The number of rotatable bonds is 7. The van der Waals surface area contributed by atoms with Crippen LogP contribution in [0.25, 0.3) is 0 Å². The molecule has 2 fully saturated rings. The van der Waals surface area contributed by atoms with Crippen molar-refractivity contribution in [2.75, 3.05) is 12.0 Å². The van der Waals surface area contributed by atoms with Gasteiger partial charge in [-0.1, -0.05) is 42.5 Å². The standard InChI is InChI=1S/C32H25F3N2O6S/c1-44-12-11-31(30(42)43)24-23(25(36-31)17-5-4-6-18(14-17)32(33,34)35)28(40)37(29(24)41)15-16-9-10-21-22(13-16)27(39)20-8-3-2-7-19(20)26(21)38/h2-10,13-14,23-25,36H,11-12,15H2,1H3,(H,42,43). The number of likely N-dealkylation sites (tertiary alicyclic amines) is 1. The van der Waals surface area contributed by atoms with Gasteiger partial charge in [0.15, 0.2) is 11.6 Å². The average Bonchev–Trinajstić information content (AvgIpc) is 3.48. The van der Waals surface area contributed by atoms with Crippen molar-refractivity contribution in [2.24, 2.45) is 11.8 Å². The monoisotopic (exact) mass is 622 g/mol. The molecule has 2 saturated heterocycles. The van der Waals surface area contributed by atoms with Crippen molar-refractivity contribution >= 4 is 41.1 Å². The molecule has 2 aliphatic heterocycles. The number of benzene rings is 3. The van der Waals surface area contributed by atoms with Crippen LogP contribution >= 0.6 is 11.8 Å². The Morgan fingerprint density at radius 2 is 1.57 bits per heavy atom. The van der Waals surface area contributed by atoms with E-state index in [1.165, 1.54) is 42.1 Å². The van der Waals surface area contributed by atoms with E-state index in [4.69, 9.17) is 0 Å². The first-order valence-corrected chi connectivity index (χ1v) is 15.1. The maximum atomic E-state index is 14.0. The van der Waals surface area contributed by atoms with Crippen molar-refractivity contribution in [1.82, 2.24) is 10.2 Å². The summed E-state index contributed by atoms with van der Waals surface area (Å²) in [5.41, 5.74) is -1.65. The van der Waals surface area contributed by atoms with Gasteiger partial charge in [0.25, 0.3) is 0 Å². The topological polar surface area (TPSA) is 121 Å². The first kappa shape index (κ1) is 29.8. The SMILES string of the molecule is CSCCC1(C(=O)O)NC(c2cccc(C(F)(F)F)c2)C2C(=O)N(Cc3ccc4c(c3)C(=O)c3ccccc3C4=O)C(=O)C21. The molecule has 3 aromatic carbocycles. The minimum atomic E-state index is -4.68. The first-order valence-electron chi connectivity index (χ1n) is 13.7. The van der Waals surface area contributed by atoms with Crippen molar-refractivity contribution in [3.05, 3.63) is 106 Å². The summed E-state index contributed by atoms with van der Waals surface area (Å²) in [5.74, 6) is -5.95. The quantitative estimate of drug-likeness (QED) is 0.289. The number of halogens is 3. The minimum absolute atomic E-state index is 0.0432. The third kappa shape index (κ3) is 4.55. The number of ketones is 2. The van der Waals surface area contributed by atoms with Crippen molar-refractivity contribution in [3.63, 3.8) is 0 Å². The molecule has 4 unspecified atom stereocenters. The number of hydrogen-bond donors (Lipinski definition) is 2. The molecule has 0 bridgehead atoms. The fraction of sp³-hybridized carbons (Fsp3) is 0.281. The van der Waals surface area contributed by atoms with Gasteiger partial charge in [-0.05, 0) is 53.8 Å². The summed E-state index contributed by atoms with van der Waals surface area (Å²) in [6, 6.07) is 13.9. The Balaban J connectivity index is 1.38. The van der Waals surface area contributed by atoms with Gasteiger partial charge < -0.3 is 5.11 Å². The number of nitrogens with one attached hydrogen (secondary N) is 1. The van der Waals surface area contributed by atoms with Crippen LogP contribution in [-0.4, -0.2) is 56.9 Å². The molecule has 2 amide bonds. The molecule has 3 aromatic rings. The third-order valence-electron chi connectivity index (χ3n) is 8.73. The molecule has 0 radical (unpaired) electrons. The Labute approximate surface area is 253 Å². The lowest BCUT2D eigenvalue weighted by molar-refractivity contribution is -0.151. The fourth-order valence-electron chi connectivity index (χ4n) is 6.64. The molecule has 0 spiro atoms. The predicted octanol–water partition coefficient (Wildman–Crippen LogP) is 4.50. The molecule has 2 heterocycles. The van der Waals surface area contributed by atoms with Crippen LogP contribution in [0.3, 0.4) is 0 Å². The van der Waals surface area contributed by atoms with Gasteiger partial charge in [0.05, 0.1) is 23.9 Å². The molecule has 2 N–H and O–H groups in total. The number of aliphatic carboxylic acids is 1. The lowest BCUT2D eigenvalue weighted by Crippen LogP contribution is -2.56. The van der Waals surface area contributed by atoms with Crippen LogP contribution in [0.4, 0.5) is 13.2 Å². The molecule has 12 heteroatoms. The number of carboxylic acids is 1. The fourth-order valence-corrected chi connectivity index (χ4v) is 7.16. The normalized spacial score (nSPS) is 24.4. The van der Waals surface area contributed by atoms with Crippen molar-refractivity contribution in [1.29, 1.82) is 0 Å². The molecule has 226 valence electrons. The Hall–Kier alpha value is -4.29. The van der Waals surface area contributed by atoms with Crippen molar-refractivity contribution in [2.45, 2.75) is 30.7 Å².